The molecule has 0 aliphatic carbocycles. The first-order chi connectivity index (χ1) is 8.26. The van der Waals surface area contributed by atoms with Crippen LogP contribution < -0.4 is 10.1 Å². The highest BCUT2D eigenvalue weighted by Gasteiger charge is 2.26. The van der Waals surface area contributed by atoms with Crippen LogP contribution in [0.3, 0.4) is 0 Å². The fourth-order valence-corrected chi connectivity index (χ4v) is 3.46. The second-order valence-electron chi connectivity index (χ2n) is 4.35. The van der Waals surface area contributed by atoms with Gasteiger partial charge >= 0.3 is 0 Å². The first-order valence-corrected chi connectivity index (χ1v) is 7.41. The Balaban J connectivity index is 2.30. The van der Waals surface area contributed by atoms with Gasteiger partial charge in [0.1, 0.15) is 5.75 Å². The Morgan fingerprint density at radius 3 is 2.94 bits per heavy atom. The number of hydrogen-bond donors (Lipinski definition) is 1. The summed E-state index contributed by atoms with van der Waals surface area (Å²) >= 11 is 2.02. The summed E-state index contributed by atoms with van der Waals surface area (Å²) in [5, 5.41) is 4.21. The van der Waals surface area contributed by atoms with Crippen LogP contribution in [0, 0.1) is 0 Å². The lowest BCUT2D eigenvalue weighted by Gasteiger charge is -2.31. The molecule has 2 unspecified atom stereocenters. The minimum absolute atomic E-state index is 0.453. The highest BCUT2D eigenvalue weighted by molar-refractivity contribution is 7.99. The molecule has 1 aromatic rings. The van der Waals surface area contributed by atoms with Crippen molar-refractivity contribution in [2.75, 3.05) is 13.2 Å². The summed E-state index contributed by atoms with van der Waals surface area (Å²) in [5.74, 6) is 2.11. The highest BCUT2D eigenvalue weighted by Crippen LogP contribution is 2.38. The Morgan fingerprint density at radius 1 is 1.41 bits per heavy atom. The van der Waals surface area contributed by atoms with Gasteiger partial charge in [-0.1, -0.05) is 19.9 Å². The molecular weight excluding hydrogens is 230 g/mol. The van der Waals surface area contributed by atoms with Crippen molar-refractivity contribution in [3.8, 4) is 5.75 Å². The lowest BCUT2D eigenvalue weighted by atomic mass is 9.98. The van der Waals surface area contributed by atoms with Crippen molar-refractivity contribution in [2.24, 2.45) is 0 Å². The molecule has 0 aromatic heterocycles. The number of thioether (sulfide) groups is 1. The molecule has 1 aromatic carbocycles. The van der Waals surface area contributed by atoms with Gasteiger partial charge in [0.25, 0.3) is 0 Å². The first kappa shape index (κ1) is 12.8. The maximum atomic E-state index is 5.60. The number of benzene rings is 1. The molecule has 2 atom stereocenters. The molecule has 0 radical (unpaired) electrons. The van der Waals surface area contributed by atoms with Gasteiger partial charge in [-0.2, -0.15) is 11.8 Å². The van der Waals surface area contributed by atoms with Crippen molar-refractivity contribution in [1.29, 1.82) is 0 Å². The molecule has 0 spiro atoms. The molecule has 1 aliphatic rings. The van der Waals surface area contributed by atoms with Crippen molar-refractivity contribution in [1.82, 2.24) is 5.32 Å². The van der Waals surface area contributed by atoms with Crippen molar-refractivity contribution in [3.05, 3.63) is 29.3 Å². The molecule has 1 N–H and O–H groups in total. The number of ether oxygens (including phenoxy) is 1. The van der Waals surface area contributed by atoms with Gasteiger partial charge < -0.3 is 10.1 Å². The zero-order valence-corrected chi connectivity index (χ0v) is 11.6. The lowest BCUT2D eigenvalue weighted by Crippen LogP contribution is -2.31. The van der Waals surface area contributed by atoms with Crippen LogP contribution in [-0.4, -0.2) is 18.4 Å². The summed E-state index contributed by atoms with van der Waals surface area (Å²) in [5.41, 5.74) is 2.87. The Hall–Kier alpha value is -0.670. The number of fused-ring (bicyclic) bond motifs is 1. The van der Waals surface area contributed by atoms with Crippen molar-refractivity contribution in [3.63, 3.8) is 0 Å². The molecule has 1 aliphatic heterocycles. The van der Waals surface area contributed by atoms with Gasteiger partial charge in [0, 0.05) is 17.0 Å². The normalized spacial score (nSPS) is 23.2. The molecular formula is C14H21NOS. The third-order valence-corrected chi connectivity index (χ3v) is 4.43. The fraction of sp³-hybridized carbons (Fsp3) is 0.571. The van der Waals surface area contributed by atoms with Gasteiger partial charge in [-0.3, -0.25) is 0 Å². The Kier molecular flexibility index (Phi) is 4.35. The quantitative estimate of drug-likeness (QED) is 0.886. The number of hydrogen-bond acceptors (Lipinski definition) is 3. The molecule has 0 fully saturated rings. The van der Waals surface area contributed by atoms with E-state index < -0.39 is 0 Å². The van der Waals surface area contributed by atoms with Crippen LogP contribution in [0.1, 0.15) is 37.9 Å². The van der Waals surface area contributed by atoms with Crippen molar-refractivity contribution < 1.29 is 4.74 Å². The fourth-order valence-electron chi connectivity index (χ4n) is 2.32. The second-order valence-corrected chi connectivity index (χ2v) is 5.71. The van der Waals surface area contributed by atoms with Crippen LogP contribution >= 0.6 is 11.8 Å². The monoisotopic (exact) mass is 251 g/mol. The average Bonchev–Trinajstić information content (AvgIpc) is 2.33. The van der Waals surface area contributed by atoms with Gasteiger partial charge in [-0.25, -0.2) is 0 Å². The lowest BCUT2D eigenvalue weighted by molar-refractivity contribution is 0.339. The van der Waals surface area contributed by atoms with Gasteiger partial charge in [0.2, 0.25) is 0 Å². The maximum Gasteiger partial charge on any atom is 0.119 e. The van der Waals surface area contributed by atoms with Crippen LogP contribution in [-0.2, 0) is 5.75 Å². The minimum atomic E-state index is 0.453. The highest BCUT2D eigenvalue weighted by atomic mass is 32.2. The molecule has 2 rings (SSSR count). The first-order valence-electron chi connectivity index (χ1n) is 6.36. The van der Waals surface area contributed by atoms with Gasteiger partial charge in [0.15, 0.2) is 0 Å². The molecule has 0 bridgehead atoms. The summed E-state index contributed by atoms with van der Waals surface area (Å²) in [4.78, 5) is 0. The minimum Gasteiger partial charge on any atom is -0.494 e. The molecule has 0 saturated carbocycles. The van der Waals surface area contributed by atoms with Crippen LogP contribution in [0.5, 0.6) is 5.75 Å². The van der Waals surface area contributed by atoms with Crippen LogP contribution in [0.4, 0.5) is 0 Å². The molecule has 94 valence electrons. The standard InChI is InChI=1S/C14H21NOS/c1-4-15-14-10(3)17-9-11-6-7-12(16-5-2)8-13(11)14/h6-8,10,14-15H,4-5,9H2,1-3H3. The Labute approximate surface area is 108 Å². The Bertz CT molecular complexity index is 380. The second kappa shape index (κ2) is 5.78. The van der Waals surface area contributed by atoms with E-state index in [1.807, 2.05) is 18.7 Å². The van der Waals surface area contributed by atoms with Crippen molar-refractivity contribution in [2.45, 2.75) is 37.8 Å². The molecule has 3 heteroatoms. The van der Waals surface area contributed by atoms with E-state index in [0.29, 0.717) is 11.3 Å². The predicted octanol–water partition coefficient (Wildman–Crippen LogP) is 3.37. The van der Waals surface area contributed by atoms with Crippen LogP contribution in [0.2, 0.25) is 0 Å². The molecule has 1 heterocycles. The maximum absolute atomic E-state index is 5.60. The Morgan fingerprint density at radius 2 is 2.24 bits per heavy atom. The summed E-state index contributed by atoms with van der Waals surface area (Å²) in [6.45, 7) is 8.23. The summed E-state index contributed by atoms with van der Waals surface area (Å²) < 4.78 is 5.60. The van der Waals surface area contributed by atoms with E-state index in [2.05, 4.69) is 37.4 Å². The third kappa shape index (κ3) is 2.78. The van der Waals surface area contributed by atoms with Gasteiger partial charge in [-0.05, 0) is 36.7 Å². The summed E-state index contributed by atoms with van der Waals surface area (Å²) in [6.07, 6.45) is 0. The van der Waals surface area contributed by atoms with Crippen LogP contribution in [0.25, 0.3) is 0 Å². The van der Waals surface area contributed by atoms with E-state index in [1.165, 1.54) is 11.1 Å². The molecule has 17 heavy (non-hydrogen) atoms. The SMILES string of the molecule is CCNC1c2cc(OCC)ccc2CSC1C. The van der Waals surface area contributed by atoms with E-state index in [9.17, 15) is 0 Å². The third-order valence-electron chi connectivity index (χ3n) is 3.16. The topological polar surface area (TPSA) is 21.3 Å². The molecule has 0 saturated heterocycles. The van der Waals surface area contributed by atoms with Crippen LogP contribution in [0.15, 0.2) is 18.2 Å². The predicted molar refractivity (Wildman–Crippen MR) is 74.8 cm³/mol. The van der Waals surface area contributed by atoms with E-state index >= 15 is 0 Å². The summed E-state index contributed by atoms with van der Waals surface area (Å²) in [7, 11) is 0. The number of nitrogens with one attached hydrogen (secondary N) is 1. The van der Waals surface area contributed by atoms with E-state index in [1.54, 1.807) is 0 Å². The number of rotatable bonds is 4. The van der Waals surface area contributed by atoms with E-state index in [0.717, 1.165) is 24.7 Å². The van der Waals surface area contributed by atoms with Gasteiger partial charge in [0.05, 0.1) is 6.61 Å². The average molecular weight is 251 g/mol. The largest absolute Gasteiger partial charge is 0.494 e. The zero-order chi connectivity index (χ0) is 12.3. The van der Waals surface area contributed by atoms with Gasteiger partial charge in [-0.15, -0.1) is 0 Å². The van der Waals surface area contributed by atoms with E-state index in [-0.39, 0.29) is 0 Å². The molecule has 0 amide bonds. The smallest absolute Gasteiger partial charge is 0.119 e. The summed E-state index contributed by atoms with van der Waals surface area (Å²) in [6, 6.07) is 6.96. The van der Waals surface area contributed by atoms with E-state index in [4.69, 9.17) is 4.74 Å². The molecule has 2 nitrogen and oxygen atoms in total. The zero-order valence-electron chi connectivity index (χ0n) is 10.8. The van der Waals surface area contributed by atoms with Crippen molar-refractivity contribution >= 4 is 11.8 Å².